The molecule has 0 amide bonds. The molecule has 1 aromatic carbocycles. The van der Waals surface area contributed by atoms with Crippen molar-refractivity contribution < 1.29 is 9.90 Å². The van der Waals surface area contributed by atoms with Gasteiger partial charge in [0.15, 0.2) is 5.78 Å². The number of fused-ring (bicyclic) bond motifs is 2. The number of phenols is 1. The molecular weight excluding hydrogens is 624 g/mol. The van der Waals surface area contributed by atoms with Crippen LogP contribution in [-0.4, -0.2) is 24.7 Å². The molecular formula is C22H21I2NO2SSi. The van der Waals surface area contributed by atoms with Crippen LogP contribution in [0.25, 0.3) is 5.57 Å². The Morgan fingerprint density at radius 3 is 2.34 bits per heavy atom. The van der Waals surface area contributed by atoms with E-state index in [1.807, 2.05) is 18.2 Å². The molecule has 0 atom stereocenters. The second kappa shape index (κ2) is 7.72. The Morgan fingerprint density at radius 1 is 1.07 bits per heavy atom. The van der Waals surface area contributed by atoms with Crippen molar-refractivity contribution in [2.75, 3.05) is 0 Å². The van der Waals surface area contributed by atoms with Gasteiger partial charge in [0.05, 0.1) is 14.3 Å². The predicted molar refractivity (Wildman–Crippen MR) is 142 cm³/mol. The predicted octanol–water partition coefficient (Wildman–Crippen LogP) is 6.36. The minimum absolute atomic E-state index is 0.0646. The molecule has 4 rings (SSSR count). The molecule has 150 valence electrons. The summed E-state index contributed by atoms with van der Waals surface area (Å²) >= 11 is 6.35. The Bertz CT molecular complexity index is 1100. The van der Waals surface area contributed by atoms with Crippen LogP contribution in [0.15, 0.2) is 46.6 Å². The zero-order valence-corrected chi connectivity index (χ0v) is 22.7. The number of nitrogens with zero attached hydrogens (tertiary/aromatic N) is 1. The first-order valence-corrected chi connectivity index (χ1v) is 14.7. The van der Waals surface area contributed by atoms with Crippen LogP contribution >= 0.6 is 56.5 Å². The summed E-state index contributed by atoms with van der Waals surface area (Å²) in [4.78, 5) is 19.2. The van der Waals surface area contributed by atoms with Gasteiger partial charge in [0.25, 0.3) is 0 Å². The Morgan fingerprint density at radius 2 is 1.76 bits per heavy atom. The van der Waals surface area contributed by atoms with E-state index in [0.29, 0.717) is 11.1 Å². The third-order valence-corrected chi connectivity index (χ3v) is 16.6. The van der Waals surface area contributed by atoms with Gasteiger partial charge in [0, 0.05) is 14.0 Å². The molecule has 0 saturated heterocycles. The molecule has 1 N–H and O–H groups in total. The van der Waals surface area contributed by atoms with E-state index in [9.17, 15) is 9.90 Å². The Hall–Kier alpha value is -0.783. The lowest BCUT2D eigenvalue weighted by atomic mass is 10.0. The molecule has 0 saturated carbocycles. The summed E-state index contributed by atoms with van der Waals surface area (Å²) in [6.45, 7) is 9.05. The summed E-state index contributed by atoms with van der Waals surface area (Å²) in [5, 5.41) is 12.6. The molecule has 0 radical (unpaired) electrons. The smallest absolute Gasteiger partial charge is 0.187 e. The number of aromatic hydroxyl groups is 1. The number of rotatable bonds is 3. The maximum atomic E-state index is 13.3. The van der Waals surface area contributed by atoms with Crippen molar-refractivity contribution >= 4 is 92.5 Å². The Kier molecular flexibility index (Phi) is 5.71. The summed E-state index contributed by atoms with van der Waals surface area (Å²) in [7, 11) is -2.43. The van der Waals surface area contributed by atoms with Crippen molar-refractivity contribution in [3.8, 4) is 5.75 Å². The SMILES string of the molecule is CC(C)[Si]1(C(C)C)C2=C(c3cc(I)c(I)s3)C(=O)C=CC2=Nc2ccc(O)cc21. The average Bonchev–Trinajstić information content (AvgIpc) is 2.97. The number of allylic oxidation sites excluding steroid dienone is 4. The molecule has 2 heterocycles. The third kappa shape index (κ3) is 3.23. The maximum Gasteiger partial charge on any atom is 0.187 e. The van der Waals surface area contributed by atoms with Crippen LogP contribution in [0.3, 0.4) is 0 Å². The molecule has 3 nitrogen and oxygen atoms in total. The van der Waals surface area contributed by atoms with E-state index in [1.54, 1.807) is 23.5 Å². The van der Waals surface area contributed by atoms with Crippen LogP contribution in [0.4, 0.5) is 5.69 Å². The van der Waals surface area contributed by atoms with Gasteiger partial charge in [0.2, 0.25) is 0 Å². The van der Waals surface area contributed by atoms with Gasteiger partial charge in [-0.05, 0) is 103 Å². The van der Waals surface area contributed by atoms with Gasteiger partial charge in [0.1, 0.15) is 13.8 Å². The second-order valence-electron chi connectivity index (χ2n) is 8.06. The molecule has 2 aliphatic rings. The minimum Gasteiger partial charge on any atom is -0.508 e. The largest absolute Gasteiger partial charge is 0.508 e. The van der Waals surface area contributed by atoms with Crippen molar-refractivity contribution in [2.45, 2.75) is 38.8 Å². The summed E-state index contributed by atoms with van der Waals surface area (Å²) in [6.07, 6.45) is 3.56. The molecule has 2 aromatic rings. The molecule has 0 fully saturated rings. The average molecular weight is 645 g/mol. The van der Waals surface area contributed by atoms with Gasteiger partial charge in [-0.3, -0.25) is 4.79 Å². The lowest BCUT2D eigenvalue weighted by Gasteiger charge is -2.46. The number of thiophene rings is 1. The van der Waals surface area contributed by atoms with E-state index >= 15 is 0 Å². The second-order valence-corrected chi connectivity index (χ2v) is 17.2. The van der Waals surface area contributed by atoms with Gasteiger partial charge in [-0.1, -0.05) is 27.7 Å². The van der Waals surface area contributed by atoms with Crippen LogP contribution in [0.1, 0.15) is 32.6 Å². The van der Waals surface area contributed by atoms with Crippen molar-refractivity contribution in [1.82, 2.24) is 0 Å². The first-order chi connectivity index (χ1) is 13.7. The van der Waals surface area contributed by atoms with Crippen LogP contribution in [0.2, 0.25) is 11.1 Å². The monoisotopic (exact) mass is 645 g/mol. The van der Waals surface area contributed by atoms with E-state index in [-0.39, 0.29) is 11.5 Å². The summed E-state index contributed by atoms with van der Waals surface area (Å²) < 4.78 is 2.37. The highest BCUT2D eigenvalue weighted by atomic mass is 127. The van der Waals surface area contributed by atoms with Crippen molar-refractivity contribution in [1.29, 1.82) is 0 Å². The number of aliphatic imine (C=N–C) groups is 1. The van der Waals surface area contributed by atoms with E-state index in [2.05, 4.69) is 78.9 Å². The van der Waals surface area contributed by atoms with Crippen molar-refractivity contribution in [3.05, 3.63) is 52.9 Å². The summed E-state index contributed by atoms with van der Waals surface area (Å²) in [5.74, 6) is 0.329. The van der Waals surface area contributed by atoms with Gasteiger partial charge in [-0.15, -0.1) is 11.3 Å². The van der Waals surface area contributed by atoms with E-state index in [1.165, 1.54) is 6.45 Å². The molecule has 7 heteroatoms. The normalized spacial score (nSPS) is 17.7. The minimum atomic E-state index is -2.43. The van der Waals surface area contributed by atoms with Crippen LogP contribution in [-0.2, 0) is 4.79 Å². The first kappa shape index (κ1) is 21.4. The highest BCUT2D eigenvalue weighted by Gasteiger charge is 2.52. The fraction of sp³-hybridized carbons (Fsp3) is 0.273. The fourth-order valence-electron chi connectivity index (χ4n) is 4.88. The number of carbonyl (C=O) groups is 1. The van der Waals surface area contributed by atoms with E-state index in [0.717, 1.165) is 32.2 Å². The summed E-state index contributed by atoms with van der Waals surface area (Å²) in [6, 6.07) is 7.65. The van der Waals surface area contributed by atoms with Crippen LogP contribution in [0, 0.1) is 6.45 Å². The highest BCUT2D eigenvalue weighted by molar-refractivity contribution is 14.1. The number of benzene rings is 1. The van der Waals surface area contributed by atoms with Crippen molar-refractivity contribution in [3.63, 3.8) is 0 Å². The summed E-state index contributed by atoms with van der Waals surface area (Å²) in [5.41, 5.74) is 3.36. The topological polar surface area (TPSA) is 49.7 Å². The number of halogens is 2. The number of hydrogen-bond donors (Lipinski definition) is 1. The lowest BCUT2D eigenvalue weighted by Crippen LogP contribution is -2.59. The number of hydrogen-bond acceptors (Lipinski definition) is 4. The molecule has 1 aromatic heterocycles. The van der Waals surface area contributed by atoms with Crippen LogP contribution < -0.4 is 5.19 Å². The fourth-order valence-corrected chi connectivity index (χ4v) is 13.7. The van der Waals surface area contributed by atoms with Gasteiger partial charge in [-0.25, -0.2) is 4.99 Å². The third-order valence-electron chi connectivity index (χ3n) is 5.94. The molecule has 29 heavy (non-hydrogen) atoms. The molecule has 1 aliphatic heterocycles. The quantitative estimate of drug-likeness (QED) is 0.240. The zero-order chi connectivity index (χ0) is 21.1. The van der Waals surface area contributed by atoms with E-state index in [4.69, 9.17) is 4.99 Å². The highest BCUT2D eigenvalue weighted by Crippen LogP contribution is 2.48. The molecule has 0 unspecified atom stereocenters. The maximum absolute atomic E-state index is 13.3. The van der Waals surface area contributed by atoms with Crippen molar-refractivity contribution in [2.24, 2.45) is 4.99 Å². The molecule has 0 bridgehead atoms. The molecule has 0 spiro atoms. The standard InChI is InChI=1S/C22H21I2NO2SSi/c1-11(2)29(12(3)4)19-9-13(26)5-6-15(19)25-16-7-8-17(27)20(21(16)29)18-10-14(23)22(24)28-18/h5-12,26H,1-4H3. The Balaban J connectivity index is 2.17. The van der Waals surface area contributed by atoms with E-state index < -0.39 is 8.07 Å². The number of ketones is 1. The molecule has 1 aliphatic carbocycles. The van der Waals surface area contributed by atoms with Crippen LogP contribution in [0.5, 0.6) is 5.75 Å². The first-order valence-electron chi connectivity index (χ1n) is 9.52. The van der Waals surface area contributed by atoms with Gasteiger partial charge in [-0.2, -0.15) is 0 Å². The number of carbonyl (C=O) groups excluding carboxylic acids is 1. The number of phenolic OH excluding ortho intramolecular Hbond substituents is 1. The lowest BCUT2D eigenvalue weighted by molar-refractivity contribution is -0.109. The van der Waals surface area contributed by atoms with Gasteiger partial charge >= 0.3 is 0 Å². The van der Waals surface area contributed by atoms with Gasteiger partial charge < -0.3 is 5.11 Å². The zero-order valence-electron chi connectivity index (χ0n) is 16.6. The Labute approximate surface area is 203 Å².